The average molecular weight is 291 g/mol. The predicted octanol–water partition coefficient (Wildman–Crippen LogP) is 2.40. The van der Waals surface area contributed by atoms with Crippen LogP contribution in [0.5, 0.6) is 0 Å². The Bertz CT molecular complexity index is 612. The Morgan fingerprint density at radius 3 is 2.55 bits per heavy atom. The Hall–Kier alpha value is -2.41. The maximum absolute atomic E-state index is 11.8. The average Bonchev–Trinajstić information content (AvgIpc) is 2.82. The van der Waals surface area contributed by atoms with Gasteiger partial charge in [0.2, 0.25) is 0 Å². The van der Waals surface area contributed by atoms with Gasteiger partial charge in [-0.1, -0.05) is 30.3 Å². The quantitative estimate of drug-likeness (QED) is 0.806. The van der Waals surface area contributed by atoms with E-state index in [1.54, 1.807) is 35.7 Å². The van der Waals surface area contributed by atoms with Gasteiger partial charge < -0.3 is 10.4 Å². The number of anilines is 1. The number of aliphatic carboxylic acids is 1. The van der Waals surface area contributed by atoms with Crippen LogP contribution < -0.4 is 10.6 Å². The molecule has 0 aliphatic heterocycles. The van der Waals surface area contributed by atoms with E-state index < -0.39 is 18.0 Å². The maximum Gasteiger partial charge on any atom is 0.330 e. The van der Waals surface area contributed by atoms with Crippen molar-refractivity contribution in [1.82, 2.24) is 10.3 Å². The molecule has 0 unspecified atom stereocenters. The van der Waals surface area contributed by atoms with Crippen molar-refractivity contribution in [2.75, 3.05) is 5.32 Å². The summed E-state index contributed by atoms with van der Waals surface area (Å²) in [5.74, 6) is -1.12. The Balaban J connectivity index is 2.05. The number of carbonyl (C=O) groups excluding carboxylic acids is 1. The van der Waals surface area contributed by atoms with Crippen molar-refractivity contribution >= 4 is 28.5 Å². The van der Waals surface area contributed by atoms with Gasteiger partial charge in [0, 0.05) is 5.38 Å². The SMILES string of the molecule is Cc1csc(NC(=O)N[C@H](C(=O)O)c2ccccc2)n1. The fraction of sp³-hybridized carbons (Fsp3) is 0.154. The van der Waals surface area contributed by atoms with E-state index in [4.69, 9.17) is 0 Å². The van der Waals surface area contributed by atoms with Gasteiger partial charge >= 0.3 is 12.0 Å². The standard InChI is InChI=1S/C13H13N3O3S/c1-8-7-20-13(14-8)16-12(19)15-10(11(17)18)9-5-3-2-4-6-9/h2-7,10H,1H3,(H,17,18)(H2,14,15,16,19)/t10-/m0/s1. The second-order valence-corrected chi connectivity index (χ2v) is 4.93. The number of hydrogen-bond donors (Lipinski definition) is 3. The van der Waals surface area contributed by atoms with Crippen LogP contribution in [0.15, 0.2) is 35.7 Å². The van der Waals surface area contributed by atoms with Crippen molar-refractivity contribution in [3.8, 4) is 0 Å². The summed E-state index contributed by atoms with van der Waals surface area (Å²) in [6, 6.07) is 6.80. The Morgan fingerprint density at radius 2 is 2.00 bits per heavy atom. The van der Waals surface area contributed by atoms with Crippen LogP contribution in [0.25, 0.3) is 0 Å². The second kappa shape index (κ2) is 6.16. The van der Waals surface area contributed by atoms with Gasteiger partial charge in [-0.05, 0) is 12.5 Å². The molecular formula is C13H13N3O3S. The van der Waals surface area contributed by atoms with E-state index in [-0.39, 0.29) is 0 Å². The van der Waals surface area contributed by atoms with Crippen LogP contribution in [0.3, 0.4) is 0 Å². The number of amides is 2. The molecule has 0 radical (unpaired) electrons. The van der Waals surface area contributed by atoms with Crippen molar-refractivity contribution < 1.29 is 14.7 Å². The number of nitrogens with one attached hydrogen (secondary N) is 2. The van der Waals surface area contributed by atoms with E-state index in [1.165, 1.54) is 11.3 Å². The smallest absolute Gasteiger partial charge is 0.330 e. The number of hydrogen-bond acceptors (Lipinski definition) is 4. The maximum atomic E-state index is 11.8. The van der Waals surface area contributed by atoms with Crippen molar-refractivity contribution in [3.63, 3.8) is 0 Å². The number of carbonyl (C=O) groups is 2. The number of nitrogens with zero attached hydrogens (tertiary/aromatic N) is 1. The van der Waals surface area contributed by atoms with Crippen molar-refractivity contribution in [2.24, 2.45) is 0 Å². The lowest BCUT2D eigenvalue weighted by molar-refractivity contribution is -0.139. The minimum atomic E-state index is -1.12. The number of aryl methyl sites for hydroxylation is 1. The highest BCUT2D eigenvalue weighted by molar-refractivity contribution is 7.13. The predicted molar refractivity (Wildman–Crippen MR) is 75.8 cm³/mol. The molecular weight excluding hydrogens is 278 g/mol. The molecule has 2 rings (SSSR count). The molecule has 1 heterocycles. The normalized spacial score (nSPS) is 11.7. The summed E-state index contributed by atoms with van der Waals surface area (Å²) in [6.07, 6.45) is 0. The fourth-order valence-electron chi connectivity index (χ4n) is 1.61. The molecule has 1 aromatic carbocycles. The van der Waals surface area contributed by atoms with Gasteiger partial charge in [-0.2, -0.15) is 0 Å². The molecule has 1 atom stereocenters. The number of carboxylic acid groups (broad SMARTS) is 1. The monoisotopic (exact) mass is 291 g/mol. The summed E-state index contributed by atoms with van der Waals surface area (Å²) in [6.45, 7) is 1.81. The molecule has 3 N–H and O–H groups in total. The lowest BCUT2D eigenvalue weighted by Gasteiger charge is -2.14. The van der Waals surface area contributed by atoms with Crippen molar-refractivity contribution in [2.45, 2.75) is 13.0 Å². The lowest BCUT2D eigenvalue weighted by Crippen LogP contribution is -2.36. The van der Waals surface area contributed by atoms with E-state index in [0.29, 0.717) is 10.7 Å². The molecule has 104 valence electrons. The van der Waals surface area contributed by atoms with E-state index in [2.05, 4.69) is 15.6 Å². The highest BCUT2D eigenvalue weighted by Gasteiger charge is 2.22. The fourth-order valence-corrected chi connectivity index (χ4v) is 2.29. The summed E-state index contributed by atoms with van der Waals surface area (Å²) in [7, 11) is 0. The van der Waals surface area contributed by atoms with Crippen LogP contribution in [-0.2, 0) is 4.79 Å². The van der Waals surface area contributed by atoms with Crippen LogP contribution >= 0.6 is 11.3 Å². The summed E-state index contributed by atoms with van der Waals surface area (Å²) in [5, 5.41) is 16.3. The summed E-state index contributed by atoms with van der Waals surface area (Å²) < 4.78 is 0. The minimum absolute atomic E-state index is 0.428. The molecule has 0 spiro atoms. The molecule has 0 fully saturated rings. The van der Waals surface area contributed by atoms with Crippen LogP contribution in [0.2, 0.25) is 0 Å². The largest absolute Gasteiger partial charge is 0.479 e. The zero-order chi connectivity index (χ0) is 14.5. The first kappa shape index (κ1) is 14.0. The minimum Gasteiger partial charge on any atom is -0.479 e. The summed E-state index contributed by atoms with van der Waals surface area (Å²) in [5.41, 5.74) is 1.30. The molecule has 0 bridgehead atoms. The Labute approximate surface area is 119 Å². The highest BCUT2D eigenvalue weighted by atomic mass is 32.1. The van der Waals surface area contributed by atoms with Gasteiger partial charge in [0.1, 0.15) is 0 Å². The first-order chi connectivity index (χ1) is 9.56. The number of rotatable bonds is 4. The number of urea groups is 1. The van der Waals surface area contributed by atoms with Crippen molar-refractivity contribution in [3.05, 3.63) is 47.0 Å². The Kier molecular flexibility index (Phi) is 4.31. The van der Waals surface area contributed by atoms with Crippen LogP contribution in [0.4, 0.5) is 9.93 Å². The zero-order valence-electron chi connectivity index (χ0n) is 10.7. The number of aromatic nitrogens is 1. The van der Waals surface area contributed by atoms with Crippen molar-refractivity contribution in [1.29, 1.82) is 0 Å². The van der Waals surface area contributed by atoms with Crippen LogP contribution in [0.1, 0.15) is 17.3 Å². The number of thiazole rings is 1. The summed E-state index contributed by atoms with van der Waals surface area (Å²) >= 11 is 1.28. The second-order valence-electron chi connectivity index (χ2n) is 4.07. The van der Waals surface area contributed by atoms with Crippen LogP contribution in [-0.4, -0.2) is 22.1 Å². The molecule has 0 aliphatic carbocycles. The van der Waals surface area contributed by atoms with Gasteiger partial charge in [0.05, 0.1) is 5.69 Å². The molecule has 2 amide bonds. The van der Waals surface area contributed by atoms with Gasteiger partial charge in [-0.3, -0.25) is 5.32 Å². The van der Waals surface area contributed by atoms with Gasteiger partial charge in [-0.25, -0.2) is 14.6 Å². The molecule has 0 saturated heterocycles. The summed E-state index contributed by atoms with van der Waals surface area (Å²) in [4.78, 5) is 27.1. The first-order valence-corrected chi connectivity index (χ1v) is 6.71. The molecule has 2 aromatic rings. The molecule has 1 aromatic heterocycles. The van der Waals surface area contributed by atoms with E-state index in [9.17, 15) is 14.7 Å². The third-order valence-corrected chi connectivity index (χ3v) is 3.37. The third-order valence-electron chi connectivity index (χ3n) is 2.49. The third kappa shape index (κ3) is 3.55. The molecule has 6 nitrogen and oxygen atoms in total. The Morgan fingerprint density at radius 1 is 1.30 bits per heavy atom. The lowest BCUT2D eigenvalue weighted by atomic mass is 10.1. The topological polar surface area (TPSA) is 91.3 Å². The van der Waals surface area contributed by atoms with Gasteiger partial charge in [-0.15, -0.1) is 11.3 Å². The van der Waals surface area contributed by atoms with Crippen LogP contribution in [0, 0.1) is 6.92 Å². The molecule has 0 saturated carbocycles. The molecule has 0 aliphatic rings. The van der Waals surface area contributed by atoms with E-state index in [0.717, 1.165) is 5.69 Å². The number of carboxylic acids is 1. The number of benzene rings is 1. The highest BCUT2D eigenvalue weighted by Crippen LogP contribution is 2.16. The van der Waals surface area contributed by atoms with E-state index >= 15 is 0 Å². The van der Waals surface area contributed by atoms with E-state index in [1.807, 2.05) is 6.92 Å². The zero-order valence-corrected chi connectivity index (χ0v) is 11.5. The van der Waals surface area contributed by atoms with Gasteiger partial charge in [0.15, 0.2) is 11.2 Å². The van der Waals surface area contributed by atoms with Gasteiger partial charge in [0.25, 0.3) is 0 Å². The molecule has 20 heavy (non-hydrogen) atoms. The first-order valence-electron chi connectivity index (χ1n) is 5.83. The molecule has 7 heteroatoms.